The Bertz CT molecular complexity index is 324. The van der Waals surface area contributed by atoms with Crippen molar-refractivity contribution in [3.05, 3.63) is 11.6 Å². The van der Waals surface area contributed by atoms with E-state index in [1.165, 1.54) is 5.57 Å². The second kappa shape index (κ2) is 4.91. The molecule has 1 unspecified atom stereocenters. The molecule has 0 bridgehead atoms. The topological polar surface area (TPSA) is 35.5 Å². The summed E-state index contributed by atoms with van der Waals surface area (Å²) in [7, 11) is 0. The van der Waals surface area contributed by atoms with Gasteiger partial charge in [0.2, 0.25) is 0 Å². The van der Waals surface area contributed by atoms with Crippen LogP contribution in [-0.2, 0) is 14.3 Å². The van der Waals surface area contributed by atoms with Gasteiger partial charge < -0.3 is 9.47 Å². The van der Waals surface area contributed by atoms with Gasteiger partial charge in [-0.3, -0.25) is 4.79 Å². The fourth-order valence-electron chi connectivity index (χ4n) is 3.03. The monoisotopic (exact) mass is 238 g/mol. The van der Waals surface area contributed by atoms with Gasteiger partial charge in [-0.2, -0.15) is 0 Å². The van der Waals surface area contributed by atoms with Crippen molar-refractivity contribution in [2.24, 2.45) is 11.3 Å². The maximum absolute atomic E-state index is 12.1. The van der Waals surface area contributed by atoms with Crippen molar-refractivity contribution >= 4 is 5.78 Å². The third kappa shape index (κ3) is 2.96. The molecule has 0 saturated carbocycles. The minimum Gasteiger partial charge on any atom is -0.350 e. The van der Waals surface area contributed by atoms with Gasteiger partial charge in [0.1, 0.15) is 0 Å². The number of ether oxygens (including phenoxy) is 2. The van der Waals surface area contributed by atoms with Crippen LogP contribution in [-0.4, -0.2) is 25.3 Å². The summed E-state index contributed by atoms with van der Waals surface area (Å²) in [5, 5.41) is 0. The molecule has 1 aliphatic carbocycles. The predicted molar refractivity (Wildman–Crippen MR) is 65.6 cm³/mol. The molecule has 0 N–H and O–H groups in total. The van der Waals surface area contributed by atoms with Gasteiger partial charge in [0, 0.05) is 5.92 Å². The Morgan fingerprint density at radius 1 is 1.29 bits per heavy atom. The van der Waals surface area contributed by atoms with E-state index >= 15 is 0 Å². The standard InChI is InChI=1S/C14H22O3/c1-10-8-12(15)11(14(2,3)9-10)4-5-13-16-6-7-17-13/h8,11,13H,4-7,9H2,1-3H3. The highest BCUT2D eigenvalue weighted by Crippen LogP contribution is 2.41. The summed E-state index contributed by atoms with van der Waals surface area (Å²) >= 11 is 0. The highest BCUT2D eigenvalue weighted by molar-refractivity contribution is 5.93. The SMILES string of the molecule is CC1=CC(=O)C(CCC2OCCO2)C(C)(C)C1. The summed E-state index contributed by atoms with van der Waals surface area (Å²) in [5.74, 6) is 0.385. The number of hydrogen-bond donors (Lipinski definition) is 0. The largest absolute Gasteiger partial charge is 0.350 e. The summed E-state index contributed by atoms with van der Waals surface area (Å²) in [4.78, 5) is 12.1. The maximum atomic E-state index is 12.1. The van der Waals surface area contributed by atoms with E-state index in [2.05, 4.69) is 13.8 Å². The normalized spacial score (nSPS) is 29.5. The van der Waals surface area contributed by atoms with Gasteiger partial charge in [0.05, 0.1) is 13.2 Å². The first-order valence-corrected chi connectivity index (χ1v) is 6.43. The Balaban J connectivity index is 1.96. The Hall–Kier alpha value is -0.670. The molecule has 1 heterocycles. The number of rotatable bonds is 3. The van der Waals surface area contributed by atoms with Gasteiger partial charge in [-0.1, -0.05) is 19.4 Å². The van der Waals surface area contributed by atoms with Crippen LogP contribution in [0.25, 0.3) is 0 Å². The van der Waals surface area contributed by atoms with E-state index in [1.54, 1.807) is 0 Å². The van der Waals surface area contributed by atoms with Crippen LogP contribution in [0.1, 0.15) is 40.0 Å². The quantitative estimate of drug-likeness (QED) is 0.758. The summed E-state index contributed by atoms with van der Waals surface area (Å²) in [6, 6.07) is 0. The Morgan fingerprint density at radius 3 is 2.53 bits per heavy atom. The third-order valence-electron chi connectivity index (χ3n) is 3.79. The molecule has 17 heavy (non-hydrogen) atoms. The molecule has 0 radical (unpaired) electrons. The van der Waals surface area contributed by atoms with E-state index < -0.39 is 0 Å². The summed E-state index contributed by atoms with van der Waals surface area (Å²) in [6.45, 7) is 7.78. The molecule has 2 aliphatic rings. The lowest BCUT2D eigenvalue weighted by molar-refractivity contribution is -0.124. The molecule has 0 amide bonds. The van der Waals surface area contributed by atoms with Crippen LogP contribution in [0.2, 0.25) is 0 Å². The van der Waals surface area contributed by atoms with Crippen LogP contribution < -0.4 is 0 Å². The van der Waals surface area contributed by atoms with E-state index in [0.29, 0.717) is 13.2 Å². The number of carbonyl (C=O) groups is 1. The van der Waals surface area contributed by atoms with Gasteiger partial charge in [-0.25, -0.2) is 0 Å². The van der Waals surface area contributed by atoms with E-state index in [1.807, 2.05) is 13.0 Å². The number of hydrogen-bond acceptors (Lipinski definition) is 3. The molecular formula is C14H22O3. The molecule has 1 saturated heterocycles. The van der Waals surface area contributed by atoms with Crippen molar-refractivity contribution in [2.75, 3.05) is 13.2 Å². The minimum absolute atomic E-state index is 0.0640. The van der Waals surface area contributed by atoms with Crippen LogP contribution in [0.3, 0.4) is 0 Å². The summed E-state index contributed by atoms with van der Waals surface area (Å²) in [6.07, 6.45) is 4.42. The molecule has 96 valence electrons. The second-order valence-corrected chi connectivity index (χ2v) is 5.86. The number of allylic oxidation sites excluding steroid dienone is 2. The van der Waals surface area contributed by atoms with Crippen molar-refractivity contribution in [1.29, 1.82) is 0 Å². The Labute approximate surface area is 103 Å². The average molecular weight is 238 g/mol. The van der Waals surface area contributed by atoms with Crippen LogP contribution in [0.5, 0.6) is 0 Å². The molecule has 0 aromatic carbocycles. The lowest BCUT2D eigenvalue weighted by atomic mass is 9.67. The highest BCUT2D eigenvalue weighted by Gasteiger charge is 2.37. The van der Waals surface area contributed by atoms with Gasteiger partial charge in [0.25, 0.3) is 0 Å². The molecule has 1 atom stereocenters. The van der Waals surface area contributed by atoms with Crippen LogP contribution in [0.4, 0.5) is 0 Å². The van der Waals surface area contributed by atoms with Crippen LogP contribution in [0, 0.1) is 11.3 Å². The molecular weight excluding hydrogens is 216 g/mol. The van der Waals surface area contributed by atoms with E-state index in [0.717, 1.165) is 19.3 Å². The smallest absolute Gasteiger partial charge is 0.159 e. The predicted octanol–water partition coefficient (Wildman–Crippen LogP) is 2.70. The van der Waals surface area contributed by atoms with Crippen molar-refractivity contribution in [3.8, 4) is 0 Å². The van der Waals surface area contributed by atoms with Crippen molar-refractivity contribution < 1.29 is 14.3 Å². The minimum atomic E-state index is -0.0920. The first-order valence-electron chi connectivity index (χ1n) is 6.43. The van der Waals surface area contributed by atoms with Crippen LogP contribution >= 0.6 is 0 Å². The van der Waals surface area contributed by atoms with Crippen molar-refractivity contribution in [1.82, 2.24) is 0 Å². The molecule has 3 heteroatoms. The molecule has 0 aromatic heterocycles. The zero-order valence-corrected chi connectivity index (χ0v) is 11.0. The Kier molecular flexibility index (Phi) is 3.69. The molecule has 2 rings (SSSR count). The van der Waals surface area contributed by atoms with Crippen LogP contribution in [0.15, 0.2) is 11.6 Å². The average Bonchev–Trinajstić information content (AvgIpc) is 2.67. The van der Waals surface area contributed by atoms with E-state index in [-0.39, 0.29) is 23.4 Å². The fourth-order valence-corrected chi connectivity index (χ4v) is 3.03. The molecule has 1 fully saturated rings. The lowest BCUT2D eigenvalue weighted by Crippen LogP contribution is -2.34. The van der Waals surface area contributed by atoms with E-state index in [9.17, 15) is 4.79 Å². The van der Waals surface area contributed by atoms with Crippen molar-refractivity contribution in [2.45, 2.75) is 46.3 Å². The maximum Gasteiger partial charge on any atom is 0.159 e. The number of carbonyl (C=O) groups excluding carboxylic acids is 1. The number of ketones is 1. The third-order valence-corrected chi connectivity index (χ3v) is 3.79. The first kappa shape index (κ1) is 12.8. The molecule has 1 aliphatic heterocycles. The van der Waals surface area contributed by atoms with E-state index in [4.69, 9.17) is 9.47 Å². The molecule has 3 nitrogen and oxygen atoms in total. The molecule has 0 aromatic rings. The Morgan fingerprint density at radius 2 is 1.94 bits per heavy atom. The summed E-state index contributed by atoms with van der Waals surface area (Å²) in [5.41, 5.74) is 1.26. The lowest BCUT2D eigenvalue weighted by Gasteiger charge is -2.37. The fraction of sp³-hybridized carbons (Fsp3) is 0.786. The zero-order valence-electron chi connectivity index (χ0n) is 11.0. The molecule has 0 spiro atoms. The van der Waals surface area contributed by atoms with Gasteiger partial charge in [0.15, 0.2) is 12.1 Å². The van der Waals surface area contributed by atoms with Crippen molar-refractivity contribution in [3.63, 3.8) is 0 Å². The second-order valence-electron chi connectivity index (χ2n) is 5.86. The summed E-state index contributed by atoms with van der Waals surface area (Å²) < 4.78 is 10.8. The highest BCUT2D eigenvalue weighted by atomic mass is 16.7. The first-order chi connectivity index (χ1) is 7.99. The zero-order chi connectivity index (χ0) is 12.5. The van der Waals surface area contributed by atoms with Gasteiger partial charge in [-0.15, -0.1) is 0 Å². The van der Waals surface area contributed by atoms with Gasteiger partial charge >= 0.3 is 0 Å². The van der Waals surface area contributed by atoms with Gasteiger partial charge in [-0.05, 0) is 37.7 Å².